The van der Waals surface area contributed by atoms with Crippen LogP contribution in [0.5, 0.6) is 0 Å². The van der Waals surface area contributed by atoms with Crippen molar-refractivity contribution < 1.29 is 9.90 Å². The van der Waals surface area contributed by atoms with Crippen molar-refractivity contribution in [2.45, 2.75) is 51.0 Å². The molecule has 1 saturated carbocycles. The minimum Gasteiger partial charge on any atom is -0.396 e. The van der Waals surface area contributed by atoms with Crippen LogP contribution < -0.4 is 5.32 Å². The van der Waals surface area contributed by atoms with Gasteiger partial charge in [0.1, 0.15) is 0 Å². The molecular weight excluding hydrogens is 258 g/mol. The summed E-state index contributed by atoms with van der Waals surface area (Å²) in [5.41, 5.74) is 0. The monoisotopic (exact) mass is 281 g/mol. The van der Waals surface area contributed by atoms with E-state index in [1.165, 1.54) is 17.7 Å². The van der Waals surface area contributed by atoms with Gasteiger partial charge >= 0.3 is 0 Å². The smallest absolute Gasteiger partial charge is 0.220 e. The van der Waals surface area contributed by atoms with Crippen LogP contribution in [0.3, 0.4) is 0 Å². The molecule has 106 valence electrons. The molecule has 2 N–H and O–H groups in total. The lowest BCUT2D eigenvalue weighted by Gasteiger charge is -2.24. The zero-order valence-electron chi connectivity index (χ0n) is 11.3. The van der Waals surface area contributed by atoms with Gasteiger partial charge in [0.05, 0.1) is 0 Å². The van der Waals surface area contributed by atoms with Crippen molar-refractivity contribution in [3.8, 4) is 0 Å². The third-order valence-corrected chi connectivity index (χ3v) is 4.85. The van der Waals surface area contributed by atoms with E-state index in [9.17, 15) is 9.90 Å². The molecule has 4 heteroatoms. The Bertz CT molecular complexity index is 378. The summed E-state index contributed by atoms with van der Waals surface area (Å²) in [6.07, 6.45) is 6.97. The van der Waals surface area contributed by atoms with Gasteiger partial charge in [-0.25, -0.2) is 0 Å². The third kappa shape index (κ3) is 4.62. The molecule has 1 amide bonds. The van der Waals surface area contributed by atoms with Gasteiger partial charge in [-0.05, 0) is 30.7 Å². The highest BCUT2D eigenvalue weighted by molar-refractivity contribution is 7.09. The molecule has 1 aliphatic carbocycles. The number of amides is 1. The van der Waals surface area contributed by atoms with E-state index in [1.807, 2.05) is 11.4 Å². The number of carbonyl (C=O) groups is 1. The van der Waals surface area contributed by atoms with Gasteiger partial charge in [-0.3, -0.25) is 4.79 Å². The average molecular weight is 281 g/mol. The first-order chi connectivity index (χ1) is 9.29. The van der Waals surface area contributed by atoms with Crippen LogP contribution in [0.4, 0.5) is 0 Å². The number of nitrogens with one attached hydrogen (secondary N) is 1. The molecule has 0 spiro atoms. The fourth-order valence-corrected chi connectivity index (χ4v) is 3.47. The van der Waals surface area contributed by atoms with Gasteiger partial charge in [0.15, 0.2) is 0 Å². The van der Waals surface area contributed by atoms with Gasteiger partial charge < -0.3 is 10.4 Å². The third-order valence-electron chi connectivity index (χ3n) is 3.92. The summed E-state index contributed by atoms with van der Waals surface area (Å²) in [6.45, 7) is 0.190. The van der Waals surface area contributed by atoms with Crippen molar-refractivity contribution in [3.05, 3.63) is 22.4 Å². The summed E-state index contributed by atoms with van der Waals surface area (Å²) >= 11 is 1.70. The summed E-state index contributed by atoms with van der Waals surface area (Å²) in [5, 5.41) is 14.6. The average Bonchev–Trinajstić information content (AvgIpc) is 2.83. The number of rotatable bonds is 5. The van der Waals surface area contributed by atoms with E-state index in [2.05, 4.69) is 11.4 Å². The molecule has 1 aromatic rings. The van der Waals surface area contributed by atoms with E-state index in [0.29, 0.717) is 6.42 Å². The van der Waals surface area contributed by atoms with E-state index in [-0.39, 0.29) is 24.5 Å². The van der Waals surface area contributed by atoms with Crippen LogP contribution in [0.1, 0.15) is 43.4 Å². The topological polar surface area (TPSA) is 49.3 Å². The Kier molecular flexibility index (Phi) is 5.86. The zero-order valence-corrected chi connectivity index (χ0v) is 12.1. The van der Waals surface area contributed by atoms with Crippen LogP contribution in [-0.4, -0.2) is 23.7 Å². The first kappa shape index (κ1) is 14.5. The van der Waals surface area contributed by atoms with Gasteiger partial charge in [-0.2, -0.15) is 0 Å². The van der Waals surface area contributed by atoms with E-state index in [1.54, 1.807) is 11.3 Å². The van der Waals surface area contributed by atoms with Crippen LogP contribution in [0.2, 0.25) is 0 Å². The maximum absolute atomic E-state index is 12.0. The summed E-state index contributed by atoms with van der Waals surface area (Å²) < 4.78 is 0. The highest BCUT2D eigenvalue weighted by Crippen LogP contribution is 2.23. The Balaban J connectivity index is 1.79. The molecule has 2 atom stereocenters. The molecule has 1 fully saturated rings. The molecular formula is C15H23NO2S. The summed E-state index contributed by atoms with van der Waals surface area (Å²) in [4.78, 5) is 13.3. The molecule has 1 heterocycles. The highest BCUT2D eigenvalue weighted by Gasteiger charge is 2.24. The fourth-order valence-electron chi connectivity index (χ4n) is 2.76. The van der Waals surface area contributed by atoms with Crippen molar-refractivity contribution in [2.24, 2.45) is 5.92 Å². The highest BCUT2D eigenvalue weighted by atomic mass is 32.1. The quantitative estimate of drug-likeness (QED) is 0.815. The van der Waals surface area contributed by atoms with Crippen molar-refractivity contribution in [3.63, 3.8) is 0 Å². The van der Waals surface area contributed by atoms with Crippen LogP contribution in [0.25, 0.3) is 0 Å². The Morgan fingerprint density at radius 3 is 2.95 bits per heavy atom. The number of aliphatic hydroxyl groups is 1. The largest absolute Gasteiger partial charge is 0.396 e. The summed E-state index contributed by atoms with van der Waals surface area (Å²) in [7, 11) is 0. The molecule has 3 nitrogen and oxygen atoms in total. The molecule has 2 unspecified atom stereocenters. The second-order valence-electron chi connectivity index (χ2n) is 5.33. The Hall–Kier alpha value is -0.870. The maximum Gasteiger partial charge on any atom is 0.220 e. The van der Waals surface area contributed by atoms with Crippen LogP contribution in [0.15, 0.2) is 17.5 Å². The van der Waals surface area contributed by atoms with Crippen LogP contribution in [0, 0.1) is 5.92 Å². The molecule has 2 rings (SSSR count). The zero-order chi connectivity index (χ0) is 13.5. The van der Waals surface area contributed by atoms with Gasteiger partial charge in [0.2, 0.25) is 5.91 Å². The minimum absolute atomic E-state index is 0.124. The van der Waals surface area contributed by atoms with Crippen LogP contribution >= 0.6 is 11.3 Å². The lowest BCUT2D eigenvalue weighted by molar-refractivity contribution is -0.122. The van der Waals surface area contributed by atoms with E-state index < -0.39 is 0 Å². The van der Waals surface area contributed by atoms with Gasteiger partial charge in [-0.1, -0.05) is 25.3 Å². The molecule has 0 aromatic carbocycles. The van der Waals surface area contributed by atoms with Gasteiger partial charge in [0, 0.05) is 29.9 Å². The number of carbonyl (C=O) groups excluding carboxylic acids is 1. The normalized spacial score (nSPS) is 23.8. The van der Waals surface area contributed by atoms with Crippen molar-refractivity contribution >= 4 is 17.2 Å². The second kappa shape index (κ2) is 7.65. The molecule has 0 aliphatic heterocycles. The SMILES string of the molecule is O=C(CCc1cccs1)NC1CCCCCC1CO. The Morgan fingerprint density at radius 2 is 2.21 bits per heavy atom. The Morgan fingerprint density at radius 1 is 1.37 bits per heavy atom. The standard InChI is InChI=1S/C15H23NO2S/c17-11-12-5-2-1-3-7-14(12)16-15(18)9-8-13-6-4-10-19-13/h4,6,10,12,14,17H,1-3,5,7-9,11H2,(H,16,18). The molecule has 1 aromatic heterocycles. The van der Waals surface area contributed by atoms with Crippen molar-refractivity contribution in [1.29, 1.82) is 0 Å². The number of aryl methyl sites for hydroxylation is 1. The number of thiophene rings is 1. The lowest BCUT2D eigenvalue weighted by Crippen LogP contribution is -2.41. The second-order valence-corrected chi connectivity index (χ2v) is 6.37. The molecule has 0 radical (unpaired) electrons. The molecule has 0 saturated heterocycles. The van der Waals surface area contributed by atoms with Crippen molar-refractivity contribution in [1.82, 2.24) is 5.32 Å². The summed E-state index contributed by atoms with van der Waals surface area (Å²) in [5.74, 6) is 0.368. The van der Waals surface area contributed by atoms with Gasteiger partial charge in [0.25, 0.3) is 0 Å². The predicted octanol–water partition coefficient (Wildman–Crippen LogP) is 2.74. The Labute approximate surface area is 119 Å². The molecule has 19 heavy (non-hydrogen) atoms. The molecule has 1 aliphatic rings. The first-order valence-electron chi connectivity index (χ1n) is 7.22. The number of hydrogen-bond donors (Lipinski definition) is 2. The van der Waals surface area contributed by atoms with E-state index in [0.717, 1.165) is 25.7 Å². The fraction of sp³-hybridized carbons (Fsp3) is 0.667. The minimum atomic E-state index is 0.124. The van der Waals surface area contributed by atoms with Crippen LogP contribution in [-0.2, 0) is 11.2 Å². The lowest BCUT2D eigenvalue weighted by atomic mass is 9.95. The maximum atomic E-state index is 12.0. The van der Waals surface area contributed by atoms with Crippen molar-refractivity contribution in [2.75, 3.05) is 6.61 Å². The predicted molar refractivity (Wildman–Crippen MR) is 78.2 cm³/mol. The van der Waals surface area contributed by atoms with E-state index in [4.69, 9.17) is 0 Å². The number of hydrogen-bond acceptors (Lipinski definition) is 3. The van der Waals surface area contributed by atoms with E-state index >= 15 is 0 Å². The van der Waals surface area contributed by atoms with Gasteiger partial charge in [-0.15, -0.1) is 11.3 Å². The number of aliphatic hydroxyl groups excluding tert-OH is 1. The first-order valence-corrected chi connectivity index (χ1v) is 8.10. The summed E-state index contributed by atoms with van der Waals surface area (Å²) in [6, 6.07) is 4.26. The molecule has 0 bridgehead atoms.